The third-order valence-electron chi connectivity index (χ3n) is 1.42. The molecule has 0 aliphatic heterocycles. The van der Waals surface area contributed by atoms with Gasteiger partial charge in [-0.05, 0) is 0 Å². The van der Waals surface area contributed by atoms with Crippen LogP contribution in [0, 0.1) is 5.92 Å². The van der Waals surface area contributed by atoms with E-state index in [0.717, 1.165) is 0 Å². The Hall–Kier alpha value is 0.250. The van der Waals surface area contributed by atoms with Crippen molar-refractivity contribution < 1.29 is 13.3 Å². The average molecular weight is 172 g/mol. The van der Waals surface area contributed by atoms with Gasteiger partial charge in [-0.15, -0.1) is 0 Å². The summed E-state index contributed by atoms with van der Waals surface area (Å²) in [6.07, 6.45) is 0.412. The Kier molecular flexibility index (Phi) is 3.68. The van der Waals surface area contributed by atoms with Crippen LogP contribution < -0.4 is 0 Å². The van der Waals surface area contributed by atoms with Gasteiger partial charge in [0.1, 0.15) is 0 Å². The Balaban J connectivity index is 3.73. The van der Waals surface area contributed by atoms with Gasteiger partial charge in [-0.2, -0.15) is 0 Å². The van der Waals surface area contributed by atoms with Gasteiger partial charge in [-0.3, -0.25) is 0 Å². The van der Waals surface area contributed by atoms with Crippen molar-refractivity contribution in [2.75, 3.05) is 0 Å². The van der Waals surface area contributed by atoms with Crippen LogP contribution >= 0.6 is 8.11 Å². The average Bonchev–Trinajstić information content (AvgIpc) is 1.60. The second-order valence-corrected chi connectivity index (χ2v) is 5.28. The minimum absolute atomic E-state index is 0.237. The van der Waals surface area contributed by atoms with Crippen LogP contribution in [0.1, 0.15) is 27.2 Å². The molecule has 0 fully saturated rings. The van der Waals surface area contributed by atoms with Crippen molar-refractivity contribution in [2.24, 2.45) is 5.92 Å². The van der Waals surface area contributed by atoms with Gasteiger partial charge in [0.25, 0.3) is 0 Å². The second-order valence-electron chi connectivity index (χ2n) is 3.12. The summed E-state index contributed by atoms with van der Waals surface area (Å²) in [5, 5.41) is 0. The third kappa shape index (κ3) is 4.13. The fourth-order valence-electron chi connectivity index (χ4n) is 0.849. The Bertz CT molecular complexity index is 100. The summed E-state index contributed by atoms with van der Waals surface area (Å²) < 4.78 is 24.3. The van der Waals surface area contributed by atoms with E-state index in [1.54, 1.807) is 0 Å². The van der Waals surface area contributed by atoms with Crippen molar-refractivity contribution >= 4 is 8.11 Å². The predicted molar refractivity (Wildman–Crippen MR) is 41.7 cm³/mol. The first-order chi connectivity index (χ1) is 4.34. The van der Waals surface area contributed by atoms with Crippen molar-refractivity contribution in [3.05, 3.63) is 0 Å². The van der Waals surface area contributed by atoms with Crippen molar-refractivity contribution in [3.63, 3.8) is 0 Å². The molecule has 0 aromatic heterocycles. The van der Waals surface area contributed by atoms with E-state index in [2.05, 4.69) is 0 Å². The van der Waals surface area contributed by atoms with E-state index >= 15 is 0 Å². The van der Waals surface area contributed by atoms with E-state index < -0.39 is 13.8 Å². The van der Waals surface area contributed by atoms with Crippen molar-refractivity contribution in [3.8, 4) is 0 Å². The maximum absolute atomic E-state index is 12.2. The molecule has 0 heterocycles. The number of halogens is 2. The second kappa shape index (κ2) is 3.59. The number of hydrogen-bond donors (Lipinski definition) is 1. The molecular formula is C6H15F2OP. The summed E-state index contributed by atoms with van der Waals surface area (Å²) in [6, 6.07) is 0. The van der Waals surface area contributed by atoms with Crippen LogP contribution in [-0.4, -0.2) is 10.6 Å². The Labute approximate surface area is 61.1 Å². The Morgan fingerprint density at radius 1 is 1.30 bits per heavy atom. The molecule has 64 valence electrons. The first kappa shape index (κ1) is 10.2. The molecule has 1 unspecified atom stereocenters. The van der Waals surface area contributed by atoms with Crippen LogP contribution in [0.15, 0.2) is 0 Å². The van der Waals surface area contributed by atoms with E-state index in [4.69, 9.17) is 4.89 Å². The molecule has 10 heavy (non-hydrogen) atoms. The van der Waals surface area contributed by atoms with Gasteiger partial charge in [-0.25, -0.2) is 0 Å². The molecule has 0 radical (unpaired) electrons. The van der Waals surface area contributed by atoms with Crippen LogP contribution in [0.2, 0.25) is 0 Å². The van der Waals surface area contributed by atoms with Crippen molar-refractivity contribution in [1.29, 1.82) is 0 Å². The summed E-state index contributed by atoms with van der Waals surface area (Å²) >= 11 is 0. The first-order valence-corrected chi connectivity index (χ1v) is 5.22. The van der Waals surface area contributed by atoms with Crippen molar-refractivity contribution in [2.45, 2.75) is 32.9 Å². The number of rotatable bonds is 3. The zero-order valence-corrected chi connectivity index (χ0v) is 7.56. The molecule has 0 aromatic rings. The molecule has 0 spiro atoms. The summed E-state index contributed by atoms with van der Waals surface area (Å²) in [5.74, 6) is 0.237. The zero-order chi connectivity index (χ0) is 8.36. The fourth-order valence-corrected chi connectivity index (χ4v) is 1.60. The summed E-state index contributed by atoms with van der Waals surface area (Å²) in [7, 11) is -4.82. The normalized spacial score (nSPS) is 17.5. The Morgan fingerprint density at radius 2 is 1.70 bits per heavy atom. The van der Waals surface area contributed by atoms with Crippen LogP contribution in [0.5, 0.6) is 0 Å². The van der Waals surface area contributed by atoms with Crippen LogP contribution in [0.4, 0.5) is 8.39 Å². The quantitative estimate of drug-likeness (QED) is 0.649. The molecule has 1 N–H and O–H groups in total. The van der Waals surface area contributed by atoms with Crippen LogP contribution in [-0.2, 0) is 0 Å². The van der Waals surface area contributed by atoms with Crippen LogP contribution in [0.25, 0.3) is 0 Å². The minimum atomic E-state index is -4.82. The zero-order valence-electron chi connectivity index (χ0n) is 6.56. The molecular weight excluding hydrogens is 157 g/mol. The summed E-state index contributed by atoms with van der Waals surface area (Å²) in [6.45, 7) is 5.15. The van der Waals surface area contributed by atoms with E-state index in [-0.39, 0.29) is 5.92 Å². The molecule has 0 rings (SSSR count). The first-order valence-electron chi connectivity index (χ1n) is 3.44. The van der Waals surface area contributed by atoms with Gasteiger partial charge in [0.15, 0.2) is 0 Å². The molecule has 0 amide bonds. The van der Waals surface area contributed by atoms with E-state index in [1.807, 2.05) is 13.8 Å². The molecule has 1 nitrogen and oxygen atoms in total. The Morgan fingerprint density at radius 3 is 1.80 bits per heavy atom. The third-order valence-corrected chi connectivity index (χ3v) is 2.84. The predicted octanol–water partition coefficient (Wildman–Crippen LogP) is 2.85. The van der Waals surface area contributed by atoms with Gasteiger partial charge in [0.2, 0.25) is 0 Å². The van der Waals surface area contributed by atoms with Gasteiger partial charge >= 0.3 is 60.2 Å². The molecule has 0 aliphatic carbocycles. The molecule has 0 aromatic carbocycles. The van der Waals surface area contributed by atoms with E-state index in [9.17, 15) is 8.39 Å². The van der Waals surface area contributed by atoms with Gasteiger partial charge in [0.05, 0.1) is 0 Å². The number of hydrogen-bond acceptors (Lipinski definition) is 1. The monoisotopic (exact) mass is 172 g/mol. The van der Waals surface area contributed by atoms with Crippen molar-refractivity contribution in [1.82, 2.24) is 0 Å². The molecule has 0 saturated carbocycles. The SMILES string of the molecule is CC(C)CC(C)[PH](O)(F)F. The molecule has 0 aliphatic rings. The van der Waals surface area contributed by atoms with E-state index in [0.29, 0.717) is 6.42 Å². The standard InChI is InChI=1S/C6H15F2OP/c1-5(2)4-6(3)10(7,8)9/h5-6,9-10H,4H2,1-3H3. The van der Waals surface area contributed by atoms with Gasteiger partial charge in [-0.1, -0.05) is 0 Å². The van der Waals surface area contributed by atoms with Gasteiger partial charge in [0, 0.05) is 0 Å². The fraction of sp³-hybridized carbons (Fsp3) is 1.00. The van der Waals surface area contributed by atoms with Crippen LogP contribution in [0.3, 0.4) is 0 Å². The maximum atomic E-state index is 12.2. The van der Waals surface area contributed by atoms with E-state index in [1.165, 1.54) is 6.92 Å². The topological polar surface area (TPSA) is 20.2 Å². The van der Waals surface area contributed by atoms with Gasteiger partial charge < -0.3 is 0 Å². The molecule has 4 heteroatoms. The molecule has 1 atom stereocenters. The summed E-state index contributed by atoms with van der Waals surface area (Å²) in [5.41, 5.74) is -0.799. The molecule has 0 bridgehead atoms. The molecule has 0 saturated heterocycles. The summed E-state index contributed by atoms with van der Waals surface area (Å²) in [4.78, 5) is 8.34.